The summed E-state index contributed by atoms with van der Waals surface area (Å²) in [6, 6.07) is 13.3. The Hall–Kier alpha value is -3.72. The lowest BCUT2D eigenvalue weighted by atomic mass is 10.0. The van der Waals surface area contributed by atoms with E-state index in [1.807, 2.05) is 0 Å². The van der Waals surface area contributed by atoms with Crippen molar-refractivity contribution >= 4 is 11.9 Å². The van der Waals surface area contributed by atoms with Crippen LogP contribution in [-0.4, -0.2) is 72.6 Å². The number of carbonyl (C=O) groups excluding carboxylic acids is 1. The van der Waals surface area contributed by atoms with Gasteiger partial charge in [0.15, 0.2) is 11.6 Å². The topological polar surface area (TPSA) is 71.0 Å². The molecule has 1 saturated heterocycles. The lowest BCUT2D eigenvalue weighted by molar-refractivity contribution is 0.0731. The Balaban J connectivity index is 1.48. The third kappa shape index (κ3) is 4.90. The molecule has 5 rings (SSSR count). The van der Waals surface area contributed by atoms with Crippen LogP contribution < -0.4 is 14.4 Å². The van der Waals surface area contributed by atoms with Crippen molar-refractivity contribution in [2.75, 3.05) is 51.8 Å². The predicted octanol–water partition coefficient (Wildman–Crippen LogP) is 3.37. The van der Waals surface area contributed by atoms with Gasteiger partial charge in [0.25, 0.3) is 5.91 Å². The van der Waals surface area contributed by atoms with Gasteiger partial charge in [0, 0.05) is 44.7 Å². The first kappa shape index (κ1) is 23.0. The molecule has 1 fully saturated rings. The average Bonchev–Trinajstić information content (AvgIpc) is 2.89. The lowest BCUT2D eigenvalue weighted by Crippen LogP contribution is -2.45. The highest BCUT2D eigenvalue weighted by molar-refractivity contribution is 5.94. The molecule has 1 aromatic heterocycles. The maximum Gasteiger partial charge on any atom is 0.254 e. The lowest BCUT2D eigenvalue weighted by Gasteiger charge is -2.34. The summed E-state index contributed by atoms with van der Waals surface area (Å²) in [5.74, 6) is 0.995. The molecule has 1 amide bonds. The maximum absolute atomic E-state index is 14.4. The molecule has 35 heavy (non-hydrogen) atoms. The Bertz CT molecular complexity index is 1230. The molecule has 8 nitrogen and oxygen atoms in total. The zero-order chi connectivity index (χ0) is 24.4. The Labute approximate surface area is 203 Å². The highest BCUT2D eigenvalue weighted by Gasteiger charge is 2.29. The molecule has 0 unspecified atom stereocenters. The van der Waals surface area contributed by atoms with Crippen LogP contribution in [0.1, 0.15) is 21.6 Å². The van der Waals surface area contributed by atoms with Gasteiger partial charge in [0.1, 0.15) is 5.75 Å². The fourth-order valence-electron chi connectivity index (χ4n) is 4.35. The van der Waals surface area contributed by atoms with Crippen LogP contribution in [0, 0.1) is 5.82 Å². The van der Waals surface area contributed by atoms with Gasteiger partial charge < -0.3 is 24.2 Å². The Morgan fingerprint density at radius 1 is 1.00 bits per heavy atom. The highest BCUT2D eigenvalue weighted by Crippen LogP contribution is 2.33. The molecule has 3 aromatic rings. The first-order valence-electron chi connectivity index (χ1n) is 11.7. The summed E-state index contributed by atoms with van der Waals surface area (Å²) in [6.45, 7) is 4.21. The van der Waals surface area contributed by atoms with E-state index in [-0.39, 0.29) is 24.1 Å². The number of para-hydroxylation sites is 1. The molecule has 0 radical (unpaired) electrons. The van der Waals surface area contributed by atoms with Gasteiger partial charge >= 0.3 is 0 Å². The van der Waals surface area contributed by atoms with E-state index in [0.29, 0.717) is 35.8 Å². The monoisotopic (exact) mass is 477 g/mol. The van der Waals surface area contributed by atoms with Crippen LogP contribution in [0.5, 0.6) is 17.4 Å². The molecule has 0 saturated carbocycles. The number of likely N-dealkylation sites (N-methyl/N-ethyl adjacent to an activating group) is 1. The molecule has 2 aliphatic heterocycles. The molecule has 2 aromatic carbocycles. The smallest absolute Gasteiger partial charge is 0.254 e. The number of fused-ring (bicyclic) bond motifs is 1. The number of hydrogen-bond acceptors (Lipinski definition) is 7. The number of rotatable bonds is 5. The number of benzene rings is 2. The number of hydrogen-bond donors (Lipinski definition) is 0. The van der Waals surface area contributed by atoms with Crippen LogP contribution in [0.3, 0.4) is 0 Å². The number of ether oxygens (including phenoxy) is 2. The summed E-state index contributed by atoms with van der Waals surface area (Å²) >= 11 is 0. The molecule has 9 heteroatoms. The van der Waals surface area contributed by atoms with Crippen molar-refractivity contribution in [3.63, 3.8) is 0 Å². The number of nitrogens with zero attached hydrogens (tertiary/aromatic N) is 5. The van der Waals surface area contributed by atoms with Crippen LogP contribution in [0.25, 0.3) is 0 Å². The Morgan fingerprint density at radius 3 is 2.57 bits per heavy atom. The highest BCUT2D eigenvalue weighted by atomic mass is 19.1. The van der Waals surface area contributed by atoms with E-state index in [1.165, 1.54) is 6.07 Å². The SMILES string of the molecule is COc1cccc(C(=O)N2CCc3nc(N4CCN(C)CC4)nc(Oc4ccccc4F)c3C2)c1. The molecule has 0 aliphatic carbocycles. The second kappa shape index (κ2) is 9.87. The van der Waals surface area contributed by atoms with Gasteiger partial charge in [-0.15, -0.1) is 0 Å². The summed E-state index contributed by atoms with van der Waals surface area (Å²) in [6.07, 6.45) is 0.557. The normalized spacial score (nSPS) is 16.1. The fourth-order valence-corrected chi connectivity index (χ4v) is 4.35. The summed E-state index contributed by atoms with van der Waals surface area (Å²) in [5.41, 5.74) is 2.07. The van der Waals surface area contributed by atoms with Crippen molar-refractivity contribution in [1.29, 1.82) is 0 Å². The second-order valence-corrected chi connectivity index (χ2v) is 8.79. The van der Waals surface area contributed by atoms with Crippen molar-refractivity contribution in [2.45, 2.75) is 13.0 Å². The Morgan fingerprint density at radius 2 is 1.80 bits per heavy atom. The van der Waals surface area contributed by atoms with Crippen molar-refractivity contribution in [2.24, 2.45) is 0 Å². The van der Waals surface area contributed by atoms with Crippen LogP contribution in [0.2, 0.25) is 0 Å². The van der Waals surface area contributed by atoms with Gasteiger partial charge in [-0.2, -0.15) is 4.98 Å². The average molecular weight is 478 g/mol. The minimum Gasteiger partial charge on any atom is -0.497 e. The number of amides is 1. The third-order valence-electron chi connectivity index (χ3n) is 6.44. The van der Waals surface area contributed by atoms with Crippen LogP contribution in [-0.2, 0) is 13.0 Å². The number of piperazine rings is 1. The number of carbonyl (C=O) groups is 1. The minimum absolute atomic E-state index is 0.0916. The van der Waals surface area contributed by atoms with Gasteiger partial charge in [-0.3, -0.25) is 4.79 Å². The van der Waals surface area contributed by atoms with Gasteiger partial charge in [0.05, 0.1) is 24.9 Å². The second-order valence-electron chi connectivity index (χ2n) is 8.79. The van der Waals surface area contributed by atoms with E-state index >= 15 is 0 Å². The number of aromatic nitrogens is 2. The first-order chi connectivity index (χ1) is 17.0. The minimum atomic E-state index is -0.471. The van der Waals surface area contributed by atoms with Crippen LogP contribution in [0.4, 0.5) is 10.3 Å². The third-order valence-corrected chi connectivity index (χ3v) is 6.44. The zero-order valence-corrected chi connectivity index (χ0v) is 19.9. The molecule has 2 aliphatic rings. The number of anilines is 1. The van der Waals surface area contributed by atoms with Gasteiger partial charge in [0.2, 0.25) is 11.8 Å². The predicted molar refractivity (Wildman–Crippen MR) is 130 cm³/mol. The molecule has 0 bridgehead atoms. The van der Waals surface area contributed by atoms with E-state index in [0.717, 1.165) is 31.9 Å². The fraction of sp³-hybridized carbons (Fsp3) is 0.346. The molecule has 0 spiro atoms. The summed E-state index contributed by atoms with van der Waals surface area (Å²) < 4.78 is 25.7. The number of methoxy groups -OCH3 is 1. The summed E-state index contributed by atoms with van der Waals surface area (Å²) in [5, 5.41) is 0. The molecular weight excluding hydrogens is 449 g/mol. The molecule has 0 atom stereocenters. The number of halogens is 1. The quantitative estimate of drug-likeness (QED) is 0.558. The zero-order valence-electron chi connectivity index (χ0n) is 19.9. The molecule has 3 heterocycles. The largest absolute Gasteiger partial charge is 0.497 e. The van der Waals surface area contributed by atoms with E-state index < -0.39 is 5.82 Å². The van der Waals surface area contributed by atoms with Gasteiger partial charge in [-0.05, 0) is 37.4 Å². The van der Waals surface area contributed by atoms with Gasteiger partial charge in [-0.1, -0.05) is 18.2 Å². The molecule has 0 N–H and O–H groups in total. The van der Waals surface area contributed by atoms with E-state index in [9.17, 15) is 9.18 Å². The van der Waals surface area contributed by atoms with Crippen molar-refractivity contribution in [1.82, 2.24) is 19.8 Å². The molecule has 182 valence electrons. The maximum atomic E-state index is 14.4. The summed E-state index contributed by atoms with van der Waals surface area (Å²) in [7, 11) is 3.66. The van der Waals surface area contributed by atoms with Crippen molar-refractivity contribution in [3.05, 3.63) is 71.2 Å². The van der Waals surface area contributed by atoms with Crippen LogP contribution >= 0.6 is 0 Å². The van der Waals surface area contributed by atoms with E-state index in [1.54, 1.807) is 54.5 Å². The summed E-state index contributed by atoms with van der Waals surface area (Å²) in [4.78, 5) is 28.9. The van der Waals surface area contributed by atoms with Crippen molar-refractivity contribution in [3.8, 4) is 17.4 Å². The molecular formula is C26H28FN5O3. The standard InChI is InChI=1S/C26H28FN5O3/c1-30-12-14-31(15-13-30)26-28-22-10-11-32(25(33)18-6-5-7-19(16-18)34-2)17-20(22)24(29-26)35-23-9-4-3-8-21(23)27/h3-9,16H,10-15,17H2,1-2H3. The van der Waals surface area contributed by atoms with Crippen LogP contribution in [0.15, 0.2) is 48.5 Å². The van der Waals surface area contributed by atoms with Gasteiger partial charge in [-0.25, -0.2) is 9.37 Å². The van der Waals surface area contributed by atoms with Crippen molar-refractivity contribution < 1.29 is 18.7 Å². The first-order valence-corrected chi connectivity index (χ1v) is 11.7. The van der Waals surface area contributed by atoms with E-state index in [2.05, 4.69) is 16.8 Å². The Kier molecular flexibility index (Phi) is 6.50. The van der Waals surface area contributed by atoms with E-state index in [4.69, 9.17) is 19.4 Å².